The number of benzene rings is 6. The van der Waals surface area contributed by atoms with Gasteiger partial charge in [-0.25, -0.2) is 0 Å². The molecule has 0 unspecified atom stereocenters. The molecule has 117 heavy (non-hydrogen) atoms. The lowest BCUT2D eigenvalue weighted by atomic mass is 10.1. The van der Waals surface area contributed by atoms with Crippen LogP contribution in [0.15, 0.2) is 194 Å². The van der Waals surface area contributed by atoms with E-state index >= 15 is 0 Å². The second-order valence-corrected chi connectivity index (χ2v) is 34.2. The Morgan fingerprint density at radius 1 is 0.265 bits per heavy atom. The van der Waals surface area contributed by atoms with Crippen LogP contribution in [0.1, 0.15) is 62.9 Å². The van der Waals surface area contributed by atoms with Gasteiger partial charge >= 0.3 is 0 Å². The number of anilines is 12. The maximum Gasteiger partial charge on any atom is 0.297 e. The lowest BCUT2D eigenvalue weighted by Crippen LogP contribution is -2.17. The van der Waals surface area contributed by atoms with Crippen molar-refractivity contribution in [2.24, 2.45) is 42.3 Å². The Kier molecular flexibility index (Phi) is 20.9. The van der Waals surface area contributed by atoms with Crippen molar-refractivity contribution in [3.8, 4) is 0 Å². The van der Waals surface area contributed by atoms with Crippen molar-refractivity contribution >= 4 is 198 Å². The second kappa shape index (κ2) is 30.0. The van der Waals surface area contributed by atoms with Gasteiger partial charge in [-0.2, -0.15) is 65.5 Å². The highest BCUT2D eigenvalue weighted by atomic mass is 32.2. The molecule has 13 aromatic rings. The minimum atomic E-state index is -5.18. The van der Waals surface area contributed by atoms with Gasteiger partial charge in [-0.15, -0.1) is 0 Å². The summed E-state index contributed by atoms with van der Waals surface area (Å²) in [5.41, 5.74) is -1.13. The summed E-state index contributed by atoms with van der Waals surface area (Å²) in [5.74, 6) is -5.67. The van der Waals surface area contributed by atoms with Crippen LogP contribution in [0.4, 0.5) is 69.0 Å². The van der Waals surface area contributed by atoms with Gasteiger partial charge in [0.15, 0.2) is 0 Å². The lowest BCUT2D eigenvalue weighted by Gasteiger charge is -2.13. The molecule has 0 aliphatic rings. The summed E-state index contributed by atoms with van der Waals surface area (Å²) in [6.45, 7) is 0. The Labute approximate surface area is 660 Å². The van der Waals surface area contributed by atoms with Crippen molar-refractivity contribution in [3.63, 3.8) is 0 Å². The van der Waals surface area contributed by atoms with Crippen molar-refractivity contribution in [3.05, 3.63) is 199 Å². The summed E-state index contributed by atoms with van der Waals surface area (Å²) < 4.78 is 218. The zero-order valence-corrected chi connectivity index (χ0v) is 65.5. The number of aryl methyl sites for hydroxylation is 6. The second-order valence-electron chi connectivity index (χ2n) is 26.0. The number of hydrogen-bond acceptors (Lipinski definition) is 24. The summed E-state index contributed by atoms with van der Waals surface area (Å²) in [4.78, 5) is 92.6. The first kappa shape index (κ1) is 81.5. The molecule has 6 amide bonds. The number of carbonyl (C=O) groups excluding carboxylic acids is 6. The van der Waals surface area contributed by atoms with E-state index in [1.165, 1.54) is 143 Å². The van der Waals surface area contributed by atoms with E-state index in [4.69, 9.17) is 0 Å². The van der Waals surface area contributed by atoms with E-state index in [-0.39, 0.29) is 118 Å². The number of nitrogens with zero attached hydrogens (tertiary/aromatic N) is 9. The van der Waals surface area contributed by atoms with Crippen LogP contribution in [0.25, 0.3) is 32.3 Å². The molecule has 42 nitrogen and oxygen atoms in total. The zero-order chi connectivity index (χ0) is 84.8. The molecular weight excluding hydrogens is 1660 g/mol. The number of hydrogen-bond donors (Lipinski definition) is 15. The molecule has 13 rings (SSSR count). The Morgan fingerprint density at radius 3 is 0.684 bits per heavy atom. The number of carbonyl (C=O) groups is 6. The average Bonchev–Trinajstić information content (AvgIpc) is 1.53. The molecule has 0 radical (unpaired) electrons. The van der Waals surface area contributed by atoms with E-state index in [1.54, 1.807) is 0 Å². The third kappa shape index (κ3) is 16.9. The first-order valence-electron chi connectivity index (χ1n) is 33.1. The van der Waals surface area contributed by atoms with Crippen LogP contribution < -0.4 is 47.9 Å². The molecule has 0 spiro atoms. The van der Waals surface area contributed by atoms with E-state index in [1.807, 2.05) is 0 Å². The molecule has 0 saturated heterocycles. The Bertz CT molecular complexity index is 6540. The number of aromatic nitrogens is 9. The predicted octanol–water partition coefficient (Wildman–Crippen LogP) is 7.59. The third-order valence-corrected chi connectivity index (χ3v) is 23.5. The van der Waals surface area contributed by atoms with Crippen LogP contribution in [-0.4, -0.2) is 156 Å². The molecule has 48 heteroatoms. The van der Waals surface area contributed by atoms with Crippen LogP contribution in [0.3, 0.4) is 0 Å². The standard InChI is InChI=1S/C69H60N18O24S6/c1-82-28-34(22-52(82)64(91)76-46-19-16-40-43(58(46)115(103,104)105)10-7-13-55(40)112(94,95)96)70-61(88)49-25-37(31-85(49)4)73-67-79-68(74-38-26-50(86(5)32-38)62(89)71-35-23-53(83(2)29-35)65(92)77-47-20-17-41-44(59(47)116(106,107)108)11-8-14-56(41)113(97,98)99)81-69(80-67)75-39-27-51(87(6)33-39)63(90)72-36-24-54(84(3)30-36)66(93)78-48-21-18-42-45(60(48)117(109,110)111)12-9-15-57(42)114(100,101)102/h7-33H,1-6H3,(H,70,88)(H,71,89)(H,72,90)(H,76,91)(H,77,92)(H,78,93)(H,94,95,96)(H,97,98,99)(H,100,101,102)(H,103,104,105)(H,106,107,108)(H,109,110,111)(H3,73,74,75,79,80,81). The SMILES string of the molecule is Cn1cc(Nc2nc(Nc3cc(C(=O)Nc4cc(C(=O)Nc5ccc6c(S(=O)(=O)O)cccc6c5S(=O)(=O)O)n(C)c4)n(C)c3)nc(Nc3cc(C(=O)Nc4cc(C(=O)Nc5ccc6c(S(=O)(=O)O)cccc6c5S(=O)(=O)O)n(C)c4)n(C)c3)n2)cc1C(=O)Nc1cc(C(=O)Nc2ccc3c(S(=O)(=O)O)cccc3c2S(=O)(=O)O)n(C)c1. The summed E-state index contributed by atoms with van der Waals surface area (Å²) in [6.07, 6.45) is 8.47. The molecule has 0 saturated carbocycles. The van der Waals surface area contributed by atoms with Gasteiger partial charge in [0.1, 0.15) is 63.5 Å². The normalized spacial score (nSPS) is 12.2. The first-order valence-corrected chi connectivity index (χ1v) is 41.8. The monoisotopic (exact) mass is 1720 g/mol. The van der Waals surface area contributed by atoms with Gasteiger partial charge in [-0.05, 0) is 72.8 Å². The Hall–Kier alpha value is -13.5. The minimum absolute atomic E-state index is 0.000564. The van der Waals surface area contributed by atoms with Gasteiger partial charge in [-0.1, -0.05) is 54.6 Å². The quantitative estimate of drug-likeness (QED) is 0.0259. The minimum Gasteiger partial charge on any atom is -0.344 e. The van der Waals surface area contributed by atoms with Gasteiger partial charge in [0.2, 0.25) is 17.8 Å². The van der Waals surface area contributed by atoms with Gasteiger partial charge < -0.3 is 75.3 Å². The highest BCUT2D eigenvalue weighted by molar-refractivity contribution is 7.87. The van der Waals surface area contributed by atoms with Crippen molar-refractivity contribution < 1.29 is 107 Å². The first-order chi connectivity index (χ1) is 54.7. The van der Waals surface area contributed by atoms with Crippen LogP contribution in [-0.2, 0) is 103 Å². The molecule has 0 atom stereocenters. The summed E-state index contributed by atoms with van der Waals surface area (Å²) in [5, 5.41) is 22.3. The highest BCUT2D eigenvalue weighted by Crippen LogP contribution is 2.39. The molecule has 7 aromatic heterocycles. The maximum absolute atomic E-state index is 14.1. The molecule has 606 valence electrons. The fourth-order valence-corrected chi connectivity index (χ4v) is 17.6. The summed E-state index contributed by atoms with van der Waals surface area (Å²) >= 11 is 0. The van der Waals surface area contributed by atoms with Crippen molar-refractivity contribution in [1.29, 1.82) is 0 Å². The van der Waals surface area contributed by atoms with Crippen LogP contribution in [0.5, 0.6) is 0 Å². The Morgan fingerprint density at radius 2 is 0.470 bits per heavy atom. The largest absolute Gasteiger partial charge is 0.344 e. The molecule has 15 N–H and O–H groups in total. The zero-order valence-electron chi connectivity index (χ0n) is 60.6. The van der Waals surface area contributed by atoms with Crippen molar-refractivity contribution in [1.82, 2.24) is 42.4 Å². The van der Waals surface area contributed by atoms with Crippen LogP contribution >= 0.6 is 0 Å². The van der Waals surface area contributed by atoms with E-state index < -0.39 is 143 Å². The van der Waals surface area contributed by atoms with Gasteiger partial charge in [0, 0.05) is 112 Å². The van der Waals surface area contributed by atoms with Crippen molar-refractivity contribution in [2.75, 3.05) is 47.9 Å². The predicted molar refractivity (Wildman–Crippen MR) is 421 cm³/mol. The maximum atomic E-state index is 14.1. The van der Waals surface area contributed by atoms with Gasteiger partial charge in [-0.3, -0.25) is 56.1 Å². The molecule has 0 aliphatic heterocycles. The van der Waals surface area contributed by atoms with E-state index in [0.717, 1.165) is 91.0 Å². The number of nitrogens with one attached hydrogen (secondary N) is 9. The smallest absolute Gasteiger partial charge is 0.297 e. The van der Waals surface area contributed by atoms with E-state index in [2.05, 4.69) is 62.8 Å². The highest BCUT2D eigenvalue weighted by Gasteiger charge is 2.31. The molecule has 0 aliphatic carbocycles. The fourth-order valence-electron chi connectivity index (χ4n) is 12.9. The molecule has 0 fully saturated rings. The van der Waals surface area contributed by atoms with E-state index in [9.17, 15) is 107 Å². The molecule has 7 heterocycles. The van der Waals surface area contributed by atoms with Crippen LogP contribution in [0, 0.1) is 0 Å². The summed E-state index contributed by atoms with van der Waals surface area (Å²) in [7, 11) is -21.4. The van der Waals surface area contributed by atoms with E-state index in [0.29, 0.717) is 0 Å². The fraction of sp³-hybridized carbons (Fsp3) is 0.0870. The average molecular weight is 1720 g/mol. The van der Waals surface area contributed by atoms with Crippen LogP contribution in [0.2, 0.25) is 0 Å². The molecule has 6 aromatic carbocycles. The van der Waals surface area contributed by atoms with Crippen molar-refractivity contribution in [2.45, 2.75) is 29.4 Å². The molecular formula is C69H60N18O24S6. The topological polar surface area (TPSA) is 605 Å². The summed E-state index contributed by atoms with van der Waals surface area (Å²) in [6, 6.07) is 24.1. The molecule has 0 bridgehead atoms. The van der Waals surface area contributed by atoms with Gasteiger partial charge in [0.05, 0.1) is 51.2 Å². The Balaban J connectivity index is 0.746. The lowest BCUT2D eigenvalue weighted by molar-refractivity contribution is 0.101. The number of rotatable bonds is 24. The van der Waals surface area contributed by atoms with Gasteiger partial charge in [0.25, 0.3) is 96.2 Å². The third-order valence-electron chi connectivity index (χ3n) is 17.9. The number of fused-ring (bicyclic) bond motifs is 3. The number of amides is 6.